The van der Waals surface area contributed by atoms with Gasteiger partial charge in [-0.3, -0.25) is 0 Å². The second-order valence-electron chi connectivity index (χ2n) is 8.62. The van der Waals surface area contributed by atoms with E-state index >= 15 is 0 Å². The number of rotatable bonds is 3. The van der Waals surface area contributed by atoms with Gasteiger partial charge in [0, 0.05) is 0 Å². The molecule has 0 amide bonds. The smallest absolute Gasteiger partial charge is 0.418 e. The summed E-state index contributed by atoms with van der Waals surface area (Å²) in [6, 6.07) is 10.8. The number of benzene rings is 1. The van der Waals surface area contributed by atoms with E-state index in [1.54, 1.807) is 0 Å². The Hall–Kier alpha value is -1.79. The van der Waals surface area contributed by atoms with Gasteiger partial charge >= 0.3 is 7.25 Å². The monoisotopic (exact) mass is 380 g/mol. The normalized spacial score (nSPS) is 31.5. The number of aromatic nitrogens is 2. The van der Waals surface area contributed by atoms with Crippen molar-refractivity contribution in [3.63, 3.8) is 0 Å². The van der Waals surface area contributed by atoms with E-state index in [4.69, 9.17) is 0 Å². The maximum Gasteiger partial charge on any atom is 0.673 e. The van der Waals surface area contributed by atoms with Crippen molar-refractivity contribution in [1.82, 2.24) is 4.57 Å². The van der Waals surface area contributed by atoms with Crippen LogP contribution < -0.4 is 4.57 Å². The van der Waals surface area contributed by atoms with E-state index in [1.807, 2.05) is 0 Å². The Labute approximate surface area is 157 Å². The molecule has 6 rings (SSSR count). The van der Waals surface area contributed by atoms with Gasteiger partial charge in [-0.15, -0.1) is 0 Å². The van der Waals surface area contributed by atoms with E-state index in [2.05, 4.69) is 58.2 Å². The third-order valence-electron chi connectivity index (χ3n) is 6.45. The first-order valence-electron chi connectivity index (χ1n) is 9.78. The number of imidazole rings is 1. The molecule has 0 radical (unpaired) electrons. The van der Waals surface area contributed by atoms with Crippen molar-refractivity contribution >= 4 is 7.25 Å². The van der Waals surface area contributed by atoms with Gasteiger partial charge in [-0.2, -0.15) is 0 Å². The van der Waals surface area contributed by atoms with Gasteiger partial charge in [0.1, 0.15) is 24.5 Å². The van der Waals surface area contributed by atoms with Crippen LogP contribution in [0.25, 0.3) is 0 Å². The predicted molar refractivity (Wildman–Crippen MR) is 96.5 cm³/mol. The second-order valence-corrected chi connectivity index (χ2v) is 8.62. The van der Waals surface area contributed by atoms with E-state index < -0.39 is 7.25 Å². The van der Waals surface area contributed by atoms with Crippen LogP contribution >= 0.6 is 0 Å². The van der Waals surface area contributed by atoms with Crippen LogP contribution in [-0.2, 0) is 12.1 Å². The fraction of sp³-hybridized carbons (Fsp3) is 0.550. The van der Waals surface area contributed by atoms with Crippen LogP contribution in [0, 0.1) is 17.8 Å². The van der Waals surface area contributed by atoms with E-state index in [1.165, 1.54) is 44.1 Å². The first-order chi connectivity index (χ1) is 12.8. The lowest BCUT2D eigenvalue weighted by atomic mass is 9.53. The minimum absolute atomic E-state index is 0.455. The van der Waals surface area contributed by atoms with Crippen molar-refractivity contribution in [1.29, 1.82) is 0 Å². The average molecular weight is 380 g/mol. The Morgan fingerprint density at radius 2 is 1.44 bits per heavy atom. The molecule has 0 spiro atoms. The summed E-state index contributed by atoms with van der Waals surface area (Å²) >= 11 is 0. The molecule has 4 aliphatic rings. The molecule has 2 nitrogen and oxygen atoms in total. The molecule has 1 heterocycles. The summed E-state index contributed by atoms with van der Waals surface area (Å²) in [4.78, 5) is 0. The third-order valence-corrected chi connectivity index (χ3v) is 6.45. The summed E-state index contributed by atoms with van der Waals surface area (Å²) in [7, 11) is -6.00. The van der Waals surface area contributed by atoms with Crippen LogP contribution in [0.2, 0.25) is 0 Å². The summed E-state index contributed by atoms with van der Waals surface area (Å²) in [5.41, 5.74) is 1.84. The SMILES string of the molecule is F[B-](F)(F)F.c1ccc(C[n+]2ccn(C34CC5CC(CC(C5)C3)C4)c2)cc1. The first kappa shape index (κ1) is 18.6. The Morgan fingerprint density at radius 1 is 0.926 bits per heavy atom. The summed E-state index contributed by atoms with van der Waals surface area (Å²) in [6.07, 6.45) is 15.8. The molecule has 27 heavy (non-hydrogen) atoms. The van der Waals surface area contributed by atoms with E-state index in [0.717, 1.165) is 24.3 Å². The quantitative estimate of drug-likeness (QED) is 0.400. The summed E-state index contributed by atoms with van der Waals surface area (Å²) < 4.78 is 43.9. The summed E-state index contributed by atoms with van der Waals surface area (Å²) in [5, 5.41) is 0. The maximum absolute atomic E-state index is 9.75. The molecule has 0 unspecified atom stereocenters. The molecule has 4 saturated carbocycles. The van der Waals surface area contributed by atoms with Gasteiger partial charge in [-0.05, 0) is 61.8 Å². The lowest BCUT2D eigenvalue weighted by Crippen LogP contribution is -2.51. The van der Waals surface area contributed by atoms with Crippen molar-refractivity contribution in [3.8, 4) is 0 Å². The predicted octanol–water partition coefficient (Wildman–Crippen LogP) is 5.05. The standard InChI is InChI=1S/C20H25N2.BF4/c1-2-4-16(5-3-1)14-21-6-7-22(15-21)20-11-17-8-18(12-20)10-19(9-17)13-20;2-1(3,4)5/h1-7,15,17-19H,8-14H2;/q+1;-1. The Morgan fingerprint density at radius 3 is 1.96 bits per heavy atom. The van der Waals surface area contributed by atoms with Crippen molar-refractivity contribution in [2.75, 3.05) is 0 Å². The minimum Gasteiger partial charge on any atom is -0.418 e. The molecule has 7 heteroatoms. The molecule has 4 bridgehead atoms. The lowest BCUT2D eigenvalue weighted by Gasteiger charge is -2.54. The molecule has 146 valence electrons. The van der Waals surface area contributed by atoms with Crippen LogP contribution in [0.5, 0.6) is 0 Å². The van der Waals surface area contributed by atoms with Gasteiger partial charge in [0.15, 0.2) is 0 Å². The van der Waals surface area contributed by atoms with Gasteiger partial charge in [0.25, 0.3) is 0 Å². The number of halogens is 4. The molecule has 2 aromatic rings. The zero-order valence-corrected chi connectivity index (χ0v) is 15.3. The Balaban J connectivity index is 0.000000323. The molecule has 0 saturated heterocycles. The molecular formula is C20H25BF4N2. The molecular weight excluding hydrogens is 355 g/mol. The molecule has 0 N–H and O–H groups in total. The first-order valence-corrected chi connectivity index (χ1v) is 9.78. The van der Waals surface area contributed by atoms with Gasteiger partial charge in [0.05, 0.1) is 0 Å². The van der Waals surface area contributed by atoms with Gasteiger partial charge < -0.3 is 17.3 Å². The van der Waals surface area contributed by atoms with Gasteiger partial charge in [0.2, 0.25) is 6.33 Å². The summed E-state index contributed by atoms with van der Waals surface area (Å²) in [5.74, 6) is 3.03. The molecule has 0 atom stereocenters. The highest BCUT2D eigenvalue weighted by Gasteiger charge is 2.54. The molecule has 4 aliphatic carbocycles. The van der Waals surface area contributed by atoms with Crippen molar-refractivity contribution < 1.29 is 21.8 Å². The van der Waals surface area contributed by atoms with Gasteiger partial charge in [-0.25, -0.2) is 9.13 Å². The lowest BCUT2D eigenvalue weighted by molar-refractivity contribution is -0.688. The van der Waals surface area contributed by atoms with Crippen molar-refractivity contribution in [2.45, 2.75) is 50.6 Å². The van der Waals surface area contributed by atoms with Crippen LogP contribution in [-0.4, -0.2) is 11.8 Å². The topological polar surface area (TPSA) is 8.81 Å². The zero-order chi connectivity index (χ0) is 19.1. The van der Waals surface area contributed by atoms with E-state index in [0.29, 0.717) is 5.54 Å². The minimum atomic E-state index is -6.00. The van der Waals surface area contributed by atoms with Crippen LogP contribution in [0.3, 0.4) is 0 Å². The molecule has 0 aliphatic heterocycles. The van der Waals surface area contributed by atoms with Gasteiger partial charge in [-0.1, -0.05) is 30.3 Å². The number of hydrogen-bond acceptors (Lipinski definition) is 0. The Bertz CT molecular complexity index is 731. The number of hydrogen-bond donors (Lipinski definition) is 0. The third kappa shape index (κ3) is 4.38. The summed E-state index contributed by atoms with van der Waals surface area (Å²) in [6.45, 7) is 0.986. The fourth-order valence-electron chi connectivity index (χ4n) is 5.94. The van der Waals surface area contributed by atoms with Crippen LogP contribution in [0.15, 0.2) is 49.1 Å². The van der Waals surface area contributed by atoms with E-state index in [9.17, 15) is 17.3 Å². The van der Waals surface area contributed by atoms with Crippen LogP contribution in [0.1, 0.15) is 44.1 Å². The highest BCUT2D eigenvalue weighted by atomic mass is 19.5. The van der Waals surface area contributed by atoms with Crippen molar-refractivity contribution in [3.05, 3.63) is 54.6 Å². The molecule has 1 aromatic heterocycles. The highest BCUT2D eigenvalue weighted by Crippen LogP contribution is 2.58. The highest BCUT2D eigenvalue weighted by molar-refractivity contribution is 6.50. The van der Waals surface area contributed by atoms with E-state index in [-0.39, 0.29) is 0 Å². The molecule has 1 aromatic carbocycles. The number of nitrogens with zero attached hydrogens (tertiary/aromatic N) is 2. The zero-order valence-electron chi connectivity index (χ0n) is 15.3. The average Bonchev–Trinajstić information content (AvgIpc) is 3.02. The Kier molecular flexibility index (Phi) is 4.81. The maximum atomic E-state index is 9.75. The fourth-order valence-corrected chi connectivity index (χ4v) is 5.94. The second kappa shape index (κ2) is 6.99. The largest absolute Gasteiger partial charge is 0.673 e. The van der Waals surface area contributed by atoms with Crippen molar-refractivity contribution in [2.24, 2.45) is 17.8 Å². The van der Waals surface area contributed by atoms with Crippen LogP contribution in [0.4, 0.5) is 17.3 Å². The molecule has 4 fully saturated rings.